The van der Waals surface area contributed by atoms with E-state index in [1.54, 1.807) is 41.3 Å². The Balaban J connectivity index is 1.47. The van der Waals surface area contributed by atoms with Gasteiger partial charge in [-0.25, -0.2) is 23.7 Å². The standard InChI is InChI=1S/C23H22F2N6O/c1-30-13-18(12-28-30)15-3-4-16(19(9-15)32-2)10-20-27-11-17-5-7-26-22(21(17)29-20)31-8-6-23(24,25)14-31/h3-5,7,9,11-13H,6,8,10,14H2,1-2H3. The van der Waals surface area contributed by atoms with Crippen LogP contribution in [0.2, 0.25) is 0 Å². The molecule has 1 aromatic carbocycles. The van der Waals surface area contributed by atoms with E-state index in [1.165, 1.54) is 0 Å². The lowest BCUT2D eigenvalue weighted by Crippen LogP contribution is -2.26. The number of hydrogen-bond donors (Lipinski definition) is 0. The molecule has 7 nitrogen and oxygen atoms in total. The Labute approximate surface area is 183 Å². The van der Waals surface area contributed by atoms with E-state index in [0.717, 1.165) is 27.8 Å². The lowest BCUT2D eigenvalue weighted by molar-refractivity contribution is 0.0257. The lowest BCUT2D eigenvalue weighted by atomic mass is 10.0. The number of alkyl halides is 2. The number of ether oxygens (including phenoxy) is 1. The largest absolute Gasteiger partial charge is 0.496 e. The maximum absolute atomic E-state index is 13.8. The minimum atomic E-state index is -2.71. The predicted octanol–water partition coefficient (Wildman–Crippen LogP) is 3.87. The Hall–Kier alpha value is -3.62. The molecule has 1 fully saturated rings. The number of halogens is 2. The zero-order valence-electron chi connectivity index (χ0n) is 17.8. The van der Waals surface area contributed by atoms with Gasteiger partial charge in [-0.2, -0.15) is 5.10 Å². The van der Waals surface area contributed by atoms with Crippen molar-refractivity contribution in [2.45, 2.75) is 18.8 Å². The Bertz CT molecular complexity index is 1290. The fourth-order valence-electron chi connectivity index (χ4n) is 4.02. The molecule has 0 unspecified atom stereocenters. The second-order valence-electron chi connectivity index (χ2n) is 7.99. The normalized spacial score (nSPS) is 15.4. The predicted molar refractivity (Wildman–Crippen MR) is 117 cm³/mol. The van der Waals surface area contributed by atoms with Gasteiger partial charge in [-0.15, -0.1) is 0 Å². The minimum Gasteiger partial charge on any atom is -0.496 e. The molecular weight excluding hydrogens is 414 g/mol. The summed E-state index contributed by atoms with van der Waals surface area (Å²) < 4.78 is 34.9. The van der Waals surface area contributed by atoms with Gasteiger partial charge in [-0.1, -0.05) is 12.1 Å². The van der Waals surface area contributed by atoms with Crippen molar-refractivity contribution in [2.24, 2.45) is 7.05 Å². The van der Waals surface area contributed by atoms with E-state index in [9.17, 15) is 8.78 Å². The van der Waals surface area contributed by atoms with Gasteiger partial charge >= 0.3 is 0 Å². The van der Waals surface area contributed by atoms with Crippen molar-refractivity contribution in [3.05, 3.63) is 60.4 Å². The van der Waals surface area contributed by atoms with Crippen LogP contribution in [0.5, 0.6) is 5.75 Å². The van der Waals surface area contributed by atoms with Crippen molar-refractivity contribution in [3.8, 4) is 16.9 Å². The van der Waals surface area contributed by atoms with Crippen molar-refractivity contribution in [2.75, 3.05) is 25.1 Å². The number of benzene rings is 1. The summed E-state index contributed by atoms with van der Waals surface area (Å²) in [6.07, 6.45) is 7.33. The maximum Gasteiger partial charge on any atom is 0.266 e. The monoisotopic (exact) mass is 436 g/mol. The first kappa shape index (κ1) is 20.3. The number of hydrogen-bond acceptors (Lipinski definition) is 6. The highest BCUT2D eigenvalue weighted by molar-refractivity contribution is 5.88. The third-order valence-corrected chi connectivity index (χ3v) is 5.67. The average Bonchev–Trinajstić information content (AvgIpc) is 3.38. The van der Waals surface area contributed by atoms with Gasteiger partial charge in [-0.05, 0) is 17.7 Å². The number of anilines is 1. The summed E-state index contributed by atoms with van der Waals surface area (Å²) in [5.74, 6) is -0.934. The highest BCUT2D eigenvalue weighted by Crippen LogP contribution is 2.33. The number of aryl methyl sites for hydroxylation is 1. The summed E-state index contributed by atoms with van der Waals surface area (Å²) in [6.45, 7) is -0.0931. The van der Waals surface area contributed by atoms with Crippen molar-refractivity contribution in [1.82, 2.24) is 24.7 Å². The van der Waals surface area contributed by atoms with E-state index >= 15 is 0 Å². The quantitative estimate of drug-likeness (QED) is 0.473. The van der Waals surface area contributed by atoms with Crippen LogP contribution >= 0.6 is 0 Å². The number of aromatic nitrogens is 5. The molecule has 0 amide bonds. The van der Waals surface area contributed by atoms with Gasteiger partial charge in [0.1, 0.15) is 17.1 Å². The molecule has 0 saturated carbocycles. The van der Waals surface area contributed by atoms with Crippen LogP contribution in [0.25, 0.3) is 22.0 Å². The van der Waals surface area contributed by atoms with Crippen LogP contribution in [0.1, 0.15) is 17.8 Å². The summed E-state index contributed by atoms with van der Waals surface area (Å²) in [5.41, 5.74) is 3.51. The van der Waals surface area contributed by atoms with Gasteiger partial charge in [-0.3, -0.25) is 4.68 Å². The molecule has 5 rings (SSSR count). The first-order valence-electron chi connectivity index (χ1n) is 10.3. The maximum atomic E-state index is 13.8. The number of methoxy groups -OCH3 is 1. The van der Waals surface area contributed by atoms with Gasteiger partial charge in [0.25, 0.3) is 5.92 Å². The molecule has 9 heteroatoms. The second kappa shape index (κ2) is 7.81. The molecular formula is C23H22F2N6O. The fraction of sp³-hybridized carbons (Fsp3) is 0.304. The van der Waals surface area contributed by atoms with E-state index in [-0.39, 0.29) is 19.5 Å². The summed E-state index contributed by atoms with van der Waals surface area (Å²) >= 11 is 0. The molecule has 0 spiro atoms. The van der Waals surface area contributed by atoms with Crippen molar-refractivity contribution in [3.63, 3.8) is 0 Å². The molecule has 1 aliphatic heterocycles. The fourth-order valence-corrected chi connectivity index (χ4v) is 4.02. The highest BCUT2D eigenvalue weighted by atomic mass is 19.3. The molecule has 164 valence electrons. The molecule has 3 aromatic heterocycles. The van der Waals surface area contributed by atoms with Crippen molar-refractivity contribution in [1.29, 1.82) is 0 Å². The molecule has 0 aliphatic carbocycles. The average molecular weight is 436 g/mol. The third-order valence-electron chi connectivity index (χ3n) is 5.67. The van der Waals surface area contributed by atoms with Crippen LogP contribution in [0.3, 0.4) is 0 Å². The Morgan fingerprint density at radius 1 is 1.12 bits per heavy atom. The van der Waals surface area contributed by atoms with E-state index in [1.807, 2.05) is 31.4 Å². The molecule has 32 heavy (non-hydrogen) atoms. The molecule has 0 N–H and O–H groups in total. The first-order valence-corrected chi connectivity index (χ1v) is 10.3. The van der Waals surface area contributed by atoms with Crippen LogP contribution in [-0.4, -0.2) is 50.9 Å². The molecule has 0 atom stereocenters. The number of nitrogens with zero attached hydrogens (tertiary/aromatic N) is 6. The van der Waals surface area contributed by atoms with Gasteiger partial charge in [0, 0.05) is 61.5 Å². The van der Waals surface area contributed by atoms with Gasteiger partial charge < -0.3 is 9.64 Å². The van der Waals surface area contributed by atoms with Crippen LogP contribution in [0.15, 0.2) is 49.1 Å². The molecule has 4 heterocycles. The van der Waals surface area contributed by atoms with Crippen molar-refractivity contribution < 1.29 is 13.5 Å². The topological polar surface area (TPSA) is 69.0 Å². The van der Waals surface area contributed by atoms with Crippen LogP contribution < -0.4 is 9.64 Å². The van der Waals surface area contributed by atoms with Gasteiger partial charge in [0.15, 0.2) is 5.82 Å². The zero-order chi connectivity index (χ0) is 22.3. The lowest BCUT2D eigenvalue weighted by Gasteiger charge is -2.18. The number of pyridine rings is 1. The summed E-state index contributed by atoms with van der Waals surface area (Å²) in [5, 5.41) is 4.99. The molecule has 4 aromatic rings. The summed E-state index contributed by atoms with van der Waals surface area (Å²) in [7, 11) is 3.50. The van der Waals surface area contributed by atoms with Crippen LogP contribution in [0, 0.1) is 0 Å². The summed E-state index contributed by atoms with van der Waals surface area (Å²) in [6, 6.07) is 7.75. The molecule has 0 bridgehead atoms. The number of rotatable bonds is 5. The van der Waals surface area contributed by atoms with E-state index in [0.29, 0.717) is 23.6 Å². The molecule has 0 radical (unpaired) electrons. The number of fused-ring (bicyclic) bond motifs is 1. The third kappa shape index (κ3) is 3.86. The van der Waals surface area contributed by atoms with Gasteiger partial charge in [0.05, 0.1) is 19.9 Å². The smallest absolute Gasteiger partial charge is 0.266 e. The minimum absolute atomic E-state index is 0.177. The van der Waals surface area contributed by atoms with Gasteiger partial charge in [0.2, 0.25) is 0 Å². The van der Waals surface area contributed by atoms with E-state index in [2.05, 4.69) is 15.1 Å². The zero-order valence-corrected chi connectivity index (χ0v) is 17.8. The second-order valence-corrected chi connectivity index (χ2v) is 7.99. The first-order chi connectivity index (χ1) is 15.4. The summed E-state index contributed by atoms with van der Waals surface area (Å²) in [4.78, 5) is 15.1. The van der Waals surface area contributed by atoms with Crippen LogP contribution in [-0.2, 0) is 13.5 Å². The van der Waals surface area contributed by atoms with E-state index in [4.69, 9.17) is 9.72 Å². The Morgan fingerprint density at radius 3 is 2.72 bits per heavy atom. The van der Waals surface area contributed by atoms with Crippen molar-refractivity contribution >= 4 is 16.7 Å². The van der Waals surface area contributed by atoms with E-state index < -0.39 is 5.92 Å². The highest BCUT2D eigenvalue weighted by Gasteiger charge is 2.39. The SMILES string of the molecule is COc1cc(-c2cnn(C)c2)ccc1Cc1ncc2ccnc(N3CCC(F)(F)C3)c2n1. The molecule has 1 aliphatic rings. The Morgan fingerprint density at radius 2 is 2.00 bits per heavy atom. The van der Waals surface area contributed by atoms with Crippen LogP contribution in [0.4, 0.5) is 14.6 Å². The Kier molecular flexibility index (Phi) is 4.96. The molecule has 1 saturated heterocycles.